The largest absolute Gasteiger partial charge is 0.492 e. The lowest BCUT2D eigenvalue weighted by molar-refractivity contribution is -0.125. The topological polar surface area (TPSA) is 49.9 Å². The molecular weight excluding hydrogens is 328 g/mol. The highest BCUT2D eigenvalue weighted by molar-refractivity contribution is 6.12. The van der Waals surface area contributed by atoms with Gasteiger partial charge in [0.15, 0.2) is 0 Å². The molecule has 0 aliphatic carbocycles. The van der Waals surface area contributed by atoms with Gasteiger partial charge in [0.05, 0.1) is 6.54 Å². The normalized spacial score (nSPS) is 14.3. The maximum atomic E-state index is 12.5. The zero-order chi connectivity index (χ0) is 17.9. The van der Waals surface area contributed by atoms with Crippen LogP contribution in [0.5, 0.6) is 5.75 Å². The molecule has 0 aromatic heterocycles. The van der Waals surface area contributed by atoms with Crippen LogP contribution in [-0.2, 0) is 4.79 Å². The maximum Gasteiger partial charge on any atom is 0.331 e. The van der Waals surface area contributed by atoms with E-state index in [0.717, 1.165) is 22.2 Å². The van der Waals surface area contributed by atoms with Crippen molar-refractivity contribution in [1.29, 1.82) is 0 Å². The summed E-state index contributed by atoms with van der Waals surface area (Å²) in [5.41, 5.74) is 0.726. The van der Waals surface area contributed by atoms with E-state index < -0.39 is 0 Å². The number of hydrogen-bond donors (Lipinski definition) is 0. The Morgan fingerprint density at radius 2 is 1.58 bits per heavy atom. The minimum atomic E-state index is -0.302. The van der Waals surface area contributed by atoms with Crippen molar-refractivity contribution in [2.45, 2.75) is 0 Å². The first-order chi connectivity index (χ1) is 12.7. The van der Waals surface area contributed by atoms with Gasteiger partial charge in [0, 0.05) is 5.69 Å². The van der Waals surface area contributed by atoms with Gasteiger partial charge < -0.3 is 4.74 Å². The molecule has 1 aliphatic rings. The van der Waals surface area contributed by atoms with Gasteiger partial charge in [0.2, 0.25) is 0 Å². The third kappa shape index (κ3) is 3.11. The Labute approximate surface area is 151 Å². The number of rotatable bonds is 5. The highest BCUT2D eigenvalue weighted by Crippen LogP contribution is 2.22. The zero-order valence-corrected chi connectivity index (χ0v) is 14.2. The summed E-state index contributed by atoms with van der Waals surface area (Å²) in [7, 11) is 0. The number of carbonyl (C=O) groups is 2. The summed E-state index contributed by atoms with van der Waals surface area (Å²) in [5, 5.41) is 2.23. The van der Waals surface area contributed by atoms with E-state index >= 15 is 0 Å². The molecule has 3 aromatic carbocycles. The van der Waals surface area contributed by atoms with Gasteiger partial charge in [-0.25, -0.2) is 4.79 Å². The first-order valence-electron chi connectivity index (χ1n) is 8.51. The van der Waals surface area contributed by atoms with Crippen LogP contribution in [0, 0.1) is 0 Å². The average molecular weight is 346 g/mol. The predicted octanol–water partition coefficient (Wildman–Crippen LogP) is 3.69. The van der Waals surface area contributed by atoms with E-state index in [9.17, 15) is 9.59 Å². The van der Waals surface area contributed by atoms with Crippen LogP contribution in [0.25, 0.3) is 10.8 Å². The average Bonchev–Trinajstić information content (AvgIpc) is 2.97. The molecule has 0 atom stereocenters. The van der Waals surface area contributed by atoms with Crippen molar-refractivity contribution in [1.82, 2.24) is 4.90 Å². The van der Waals surface area contributed by atoms with Crippen LogP contribution in [0.15, 0.2) is 72.8 Å². The third-order valence-electron chi connectivity index (χ3n) is 4.43. The molecule has 0 unspecified atom stereocenters. The molecule has 130 valence electrons. The fraction of sp³-hybridized carbons (Fsp3) is 0.143. The molecule has 26 heavy (non-hydrogen) atoms. The molecule has 5 nitrogen and oxygen atoms in total. The number of fused-ring (bicyclic) bond motifs is 1. The molecule has 3 amide bonds. The van der Waals surface area contributed by atoms with Gasteiger partial charge in [-0.3, -0.25) is 14.6 Å². The maximum absolute atomic E-state index is 12.5. The van der Waals surface area contributed by atoms with E-state index in [0.29, 0.717) is 0 Å². The number of urea groups is 1. The van der Waals surface area contributed by atoms with Crippen molar-refractivity contribution in [2.24, 2.45) is 0 Å². The number of benzene rings is 3. The summed E-state index contributed by atoms with van der Waals surface area (Å²) in [4.78, 5) is 27.4. The standard InChI is InChI=1S/C21H18N2O3/c24-20-15-23(18-8-2-1-3-9-18)21(25)22(20)12-13-26-19-11-10-16-6-4-5-7-17(16)14-19/h1-11,14H,12-13,15H2. The Balaban J connectivity index is 1.39. The van der Waals surface area contributed by atoms with Crippen LogP contribution in [-0.4, -0.2) is 36.5 Å². The first kappa shape index (κ1) is 16.1. The summed E-state index contributed by atoms with van der Waals surface area (Å²) in [5.74, 6) is 0.517. The van der Waals surface area contributed by atoms with Crippen molar-refractivity contribution in [3.05, 3.63) is 72.8 Å². The van der Waals surface area contributed by atoms with Gasteiger partial charge >= 0.3 is 6.03 Å². The Kier molecular flexibility index (Phi) is 4.27. The summed E-state index contributed by atoms with van der Waals surface area (Å²) in [6.07, 6.45) is 0. The summed E-state index contributed by atoms with van der Waals surface area (Å²) in [6.45, 7) is 0.561. The van der Waals surface area contributed by atoms with E-state index in [1.165, 1.54) is 9.80 Å². The number of amides is 3. The van der Waals surface area contributed by atoms with Gasteiger partial charge in [-0.15, -0.1) is 0 Å². The number of anilines is 1. The molecule has 1 aliphatic heterocycles. The molecule has 0 spiro atoms. The van der Waals surface area contributed by atoms with Crippen molar-refractivity contribution in [3.8, 4) is 5.75 Å². The molecule has 0 saturated carbocycles. The van der Waals surface area contributed by atoms with E-state index in [-0.39, 0.29) is 31.6 Å². The van der Waals surface area contributed by atoms with Crippen LogP contribution in [0.4, 0.5) is 10.5 Å². The fourth-order valence-corrected chi connectivity index (χ4v) is 3.08. The van der Waals surface area contributed by atoms with Crippen LogP contribution in [0.1, 0.15) is 0 Å². The lowest BCUT2D eigenvalue weighted by Crippen LogP contribution is -2.36. The van der Waals surface area contributed by atoms with Crippen LogP contribution in [0.3, 0.4) is 0 Å². The first-order valence-corrected chi connectivity index (χ1v) is 8.51. The number of imide groups is 1. The van der Waals surface area contributed by atoms with E-state index in [1.807, 2.05) is 72.8 Å². The molecule has 1 saturated heterocycles. The lowest BCUT2D eigenvalue weighted by Gasteiger charge is -2.17. The minimum absolute atomic E-state index is 0.0683. The minimum Gasteiger partial charge on any atom is -0.492 e. The number of ether oxygens (including phenoxy) is 1. The van der Waals surface area contributed by atoms with Crippen molar-refractivity contribution in [2.75, 3.05) is 24.6 Å². The number of para-hydroxylation sites is 1. The van der Waals surface area contributed by atoms with Crippen molar-refractivity contribution < 1.29 is 14.3 Å². The summed E-state index contributed by atoms with van der Waals surface area (Å²) >= 11 is 0. The monoisotopic (exact) mass is 346 g/mol. The second-order valence-corrected chi connectivity index (χ2v) is 6.11. The second-order valence-electron chi connectivity index (χ2n) is 6.11. The molecule has 5 heteroatoms. The fourth-order valence-electron chi connectivity index (χ4n) is 3.08. The van der Waals surface area contributed by atoms with E-state index in [4.69, 9.17) is 4.74 Å². The Morgan fingerprint density at radius 3 is 2.38 bits per heavy atom. The Morgan fingerprint density at radius 1 is 0.846 bits per heavy atom. The summed E-state index contributed by atoms with van der Waals surface area (Å²) in [6, 6.07) is 22.8. The highest BCUT2D eigenvalue weighted by Gasteiger charge is 2.36. The molecule has 0 radical (unpaired) electrons. The van der Waals surface area contributed by atoms with E-state index in [1.54, 1.807) is 0 Å². The van der Waals surface area contributed by atoms with E-state index in [2.05, 4.69) is 0 Å². The second kappa shape index (κ2) is 6.88. The van der Waals surface area contributed by atoms with Crippen LogP contribution >= 0.6 is 0 Å². The van der Waals surface area contributed by atoms with Gasteiger partial charge in [-0.05, 0) is 35.0 Å². The quantitative estimate of drug-likeness (QED) is 0.662. The van der Waals surface area contributed by atoms with Crippen LogP contribution in [0.2, 0.25) is 0 Å². The number of hydrogen-bond acceptors (Lipinski definition) is 3. The lowest BCUT2D eigenvalue weighted by atomic mass is 10.1. The third-order valence-corrected chi connectivity index (χ3v) is 4.43. The predicted molar refractivity (Wildman–Crippen MR) is 100 cm³/mol. The molecular formula is C21H18N2O3. The van der Waals surface area contributed by atoms with Crippen molar-refractivity contribution in [3.63, 3.8) is 0 Å². The molecule has 4 rings (SSSR count). The van der Waals surface area contributed by atoms with Gasteiger partial charge in [0.25, 0.3) is 5.91 Å². The van der Waals surface area contributed by atoms with Gasteiger partial charge in [-0.2, -0.15) is 0 Å². The summed E-state index contributed by atoms with van der Waals surface area (Å²) < 4.78 is 5.75. The highest BCUT2D eigenvalue weighted by atomic mass is 16.5. The zero-order valence-electron chi connectivity index (χ0n) is 14.2. The molecule has 1 heterocycles. The molecule has 1 fully saturated rings. The van der Waals surface area contributed by atoms with Gasteiger partial charge in [0.1, 0.15) is 18.9 Å². The molecule has 0 bridgehead atoms. The number of nitrogens with zero attached hydrogens (tertiary/aromatic N) is 2. The Bertz CT molecular complexity index is 956. The van der Waals surface area contributed by atoms with Crippen molar-refractivity contribution >= 4 is 28.4 Å². The number of carbonyl (C=O) groups excluding carboxylic acids is 2. The molecule has 0 N–H and O–H groups in total. The SMILES string of the molecule is O=C1CN(c2ccccc2)C(=O)N1CCOc1ccc2ccccc2c1. The van der Waals surface area contributed by atoms with Crippen LogP contribution < -0.4 is 9.64 Å². The molecule has 3 aromatic rings. The van der Waals surface area contributed by atoms with Gasteiger partial charge in [-0.1, -0.05) is 48.5 Å². The Hall–Kier alpha value is -3.34. The smallest absolute Gasteiger partial charge is 0.331 e.